The number of thiophene rings is 1. The monoisotopic (exact) mass is 394 g/mol. The Hall–Kier alpha value is -2.45. The van der Waals surface area contributed by atoms with Gasteiger partial charge in [-0.1, -0.05) is 11.6 Å². The van der Waals surface area contributed by atoms with Crippen molar-refractivity contribution in [3.63, 3.8) is 0 Å². The van der Waals surface area contributed by atoms with Crippen molar-refractivity contribution in [3.8, 4) is 0 Å². The van der Waals surface area contributed by atoms with Crippen LogP contribution < -0.4 is 5.32 Å². The smallest absolute Gasteiger partial charge is 0.339 e. The number of fused-ring (bicyclic) bond motifs is 1. The van der Waals surface area contributed by atoms with E-state index in [-0.39, 0.29) is 16.4 Å². The molecule has 0 fully saturated rings. The van der Waals surface area contributed by atoms with Crippen LogP contribution in [0, 0.1) is 10.1 Å². The first-order valence-electron chi connectivity index (χ1n) is 7.96. The summed E-state index contributed by atoms with van der Waals surface area (Å²) in [5, 5.41) is 15.4. The number of nitrogens with zero attached hydrogens (tertiary/aromatic N) is 1. The normalized spacial score (nSPS) is 13.0. The number of esters is 1. The standard InChI is InChI=1S/C17H15ClN2O5S/c18-10-5-6-14(20(23)24)13(7-10)19-16(21)8-25-17(22)12-9-26-15-4-2-1-3-11(12)15/h5-7,9H,1-4,8H2,(H,19,21). The number of hydrogen-bond acceptors (Lipinski definition) is 6. The Morgan fingerprint density at radius 3 is 2.85 bits per heavy atom. The Kier molecular flexibility index (Phi) is 5.53. The molecular formula is C17H15ClN2O5S. The van der Waals surface area contributed by atoms with E-state index < -0.39 is 23.4 Å². The first-order valence-corrected chi connectivity index (χ1v) is 9.21. The summed E-state index contributed by atoms with van der Waals surface area (Å²) >= 11 is 7.34. The van der Waals surface area contributed by atoms with Crippen LogP contribution in [0.25, 0.3) is 0 Å². The summed E-state index contributed by atoms with van der Waals surface area (Å²) in [6.07, 6.45) is 3.95. The summed E-state index contributed by atoms with van der Waals surface area (Å²) in [6.45, 7) is -0.535. The van der Waals surface area contributed by atoms with E-state index in [1.807, 2.05) is 0 Å². The molecule has 7 nitrogen and oxygen atoms in total. The average molecular weight is 395 g/mol. The number of nitro groups is 1. The molecule has 0 radical (unpaired) electrons. The van der Waals surface area contributed by atoms with Crippen molar-refractivity contribution in [2.45, 2.75) is 25.7 Å². The van der Waals surface area contributed by atoms with Crippen LogP contribution in [0.1, 0.15) is 33.6 Å². The van der Waals surface area contributed by atoms with E-state index in [2.05, 4.69) is 5.32 Å². The van der Waals surface area contributed by atoms with Crippen LogP contribution in [0.2, 0.25) is 5.02 Å². The summed E-state index contributed by atoms with van der Waals surface area (Å²) in [6, 6.07) is 3.82. The Morgan fingerprint density at radius 1 is 1.31 bits per heavy atom. The summed E-state index contributed by atoms with van der Waals surface area (Å²) in [5.41, 5.74) is 1.18. The number of carbonyl (C=O) groups is 2. The van der Waals surface area contributed by atoms with Gasteiger partial charge < -0.3 is 10.1 Å². The van der Waals surface area contributed by atoms with Crippen molar-refractivity contribution in [1.29, 1.82) is 0 Å². The number of nitro benzene ring substituents is 1. The van der Waals surface area contributed by atoms with Crippen LogP contribution in [0.3, 0.4) is 0 Å². The van der Waals surface area contributed by atoms with Crippen molar-refractivity contribution < 1.29 is 19.2 Å². The Labute approximate surface area is 158 Å². The van der Waals surface area contributed by atoms with Gasteiger partial charge >= 0.3 is 5.97 Å². The zero-order chi connectivity index (χ0) is 18.7. The highest BCUT2D eigenvalue weighted by Gasteiger charge is 2.22. The molecule has 26 heavy (non-hydrogen) atoms. The lowest BCUT2D eigenvalue weighted by Gasteiger charge is -2.12. The molecule has 0 atom stereocenters. The van der Waals surface area contributed by atoms with Crippen molar-refractivity contribution in [2.24, 2.45) is 0 Å². The molecule has 1 heterocycles. The van der Waals surface area contributed by atoms with Crippen LogP contribution >= 0.6 is 22.9 Å². The Balaban J connectivity index is 1.63. The molecule has 1 aromatic carbocycles. The second kappa shape index (κ2) is 7.84. The van der Waals surface area contributed by atoms with Gasteiger partial charge in [0, 0.05) is 21.3 Å². The molecule has 136 valence electrons. The third-order valence-electron chi connectivity index (χ3n) is 4.05. The Bertz CT molecular complexity index is 880. The van der Waals surface area contributed by atoms with E-state index in [1.165, 1.54) is 34.4 Å². The fourth-order valence-electron chi connectivity index (χ4n) is 2.83. The van der Waals surface area contributed by atoms with E-state index in [0.717, 1.165) is 31.2 Å². The highest BCUT2D eigenvalue weighted by molar-refractivity contribution is 7.10. The predicted octanol–water partition coefficient (Wildman–Crippen LogP) is 3.98. The van der Waals surface area contributed by atoms with Crippen molar-refractivity contribution in [3.05, 3.63) is 54.7 Å². The highest BCUT2D eigenvalue weighted by Crippen LogP contribution is 2.31. The molecule has 1 amide bonds. The van der Waals surface area contributed by atoms with E-state index in [1.54, 1.807) is 5.38 Å². The number of halogens is 1. The van der Waals surface area contributed by atoms with Crippen LogP contribution in [0.5, 0.6) is 0 Å². The predicted molar refractivity (Wildman–Crippen MR) is 98.0 cm³/mol. The lowest BCUT2D eigenvalue weighted by molar-refractivity contribution is -0.383. The summed E-state index contributed by atoms with van der Waals surface area (Å²) in [4.78, 5) is 35.8. The molecule has 2 aromatic rings. The molecule has 0 saturated carbocycles. The summed E-state index contributed by atoms with van der Waals surface area (Å²) in [7, 11) is 0. The number of benzene rings is 1. The van der Waals surface area contributed by atoms with Crippen LogP contribution in [0.15, 0.2) is 23.6 Å². The van der Waals surface area contributed by atoms with Crippen LogP contribution in [-0.2, 0) is 22.4 Å². The van der Waals surface area contributed by atoms with E-state index >= 15 is 0 Å². The number of nitrogens with one attached hydrogen (secondary N) is 1. The third kappa shape index (κ3) is 4.03. The minimum Gasteiger partial charge on any atom is -0.452 e. The van der Waals surface area contributed by atoms with Gasteiger partial charge in [0.05, 0.1) is 10.5 Å². The van der Waals surface area contributed by atoms with Gasteiger partial charge in [-0.15, -0.1) is 11.3 Å². The minimum absolute atomic E-state index is 0.0449. The molecule has 0 bridgehead atoms. The highest BCUT2D eigenvalue weighted by atomic mass is 35.5. The van der Waals surface area contributed by atoms with Gasteiger partial charge in [-0.3, -0.25) is 14.9 Å². The van der Waals surface area contributed by atoms with Gasteiger partial charge in [0.2, 0.25) is 0 Å². The van der Waals surface area contributed by atoms with E-state index in [0.29, 0.717) is 5.56 Å². The van der Waals surface area contributed by atoms with Crippen molar-refractivity contribution in [1.82, 2.24) is 0 Å². The van der Waals surface area contributed by atoms with Crippen molar-refractivity contribution >= 4 is 46.2 Å². The van der Waals surface area contributed by atoms with Crippen LogP contribution in [-0.4, -0.2) is 23.4 Å². The second-order valence-corrected chi connectivity index (χ2v) is 7.20. The Morgan fingerprint density at radius 2 is 2.08 bits per heavy atom. The molecule has 1 aromatic heterocycles. The third-order valence-corrected chi connectivity index (χ3v) is 5.37. The fraction of sp³-hybridized carbons (Fsp3) is 0.294. The van der Waals surface area contributed by atoms with Gasteiger partial charge in [-0.05, 0) is 43.4 Å². The maximum Gasteiger partial charge on any atom is 0.339 e. The van der Waals surface area contributed by atoms with Gasteiger partial charge in [0.15, 0.2) is 6.61 Å². The average Bonchev–Trinajstić information content (AvgIpc) is 3.03. The number of rotatable bonds is 5. The summed E-state index contributed by atoms with van der Waals surface area (Å²) in [5.74, 6) is -1.23. The SMILES string of the molecule is O=C(COC(=O)c1csc2c1CCCC2)Nc1cc(Cl)ccc1[N+](=O)[O-]. The van der Waals surface area contributed by atoms with Crippen LogP contribution in [0.4, 0.5) is 11.4 Å². The zero-order valence-electron chi connectivity index (χ0n) is 13.6. The van der Waals surface area contributed by atoms with Gasteiger partial charge in [-0.25, -0.2) is 4.79 Å². The molecule has 1 aliphatic rings. The molecule has 0 saturated heterocycles. The molecule has 1 aliphatic carbocycles. The van der Waals surface area contributed by atoms with E-state index in [9.17, 15) is 19.7 Å². The fourth-order valence-corrected chi connectivity index (χ4v) is 4.11. The lowest BCUT2D eigenvalue weighted by Crippen LogP contribution is -2.21. The van der Waals surface area contributed by atoms with Gasteiger partial charge in [0.1, 0.15) is 5.69 Å². The van der Waals surface area contributed by atoms with Gasteiger partial charge in [-0.2, -0.15) is 0 Å². The number of anilines is 1. The summed E-state index contributed by atoms with van der Waals surface area (Å²) < 4.78 is 5.07. The first kappa shape index (κ1) is 18.3. The number of aryl methyl sites for hydroxylation is 1. The molecule has 9 heteroatoms. The largest absolute Gasteiger partial charge is 0.452 e. The number of hydrogen-bond donors (Lipinski definition) is 1. The number of ether oxygens (including phenoxy) is 1. The number of amides is 1. The first-order chi connectivity index (χ1) is 12.5. The second-order valence-electron chi connectivity index (χ2n) is 5.80. The molecule has 0 spiro atoms. The number of carbonyl (C=O) groups excluding carboxylic acids is 2. The molecular weight excluding hydrogens is 380 g/mol. The molecule has 0 unspecified atom stereocenters. The zero-order valence-corrected chi connectivity index (χ0v) is 15.2. The maximum atomic E-state index is 12.2. The van der Waals surface area contributed by atoms with E-state index in [4.69, 9.17) is 16.3 Å². The van der Waals surface area contributed by atoms with Gasteiger partial charge in [0.25, 0.3) is 11.6 Å². The molecule has 3 rings (SSSR count). The van der Waals surface area contributed by atoms with Crippen molar-refractivity contribution in [2.75, 3.05) is 11.9 Å². The minimum atomic E-state index is -0.673. The topological polar surface area (TPSA) is 98.5 Å². The maximum absolute atomic E-state index is 12.2. The lowest BCUT2D eigenvalue weighted by atomic mass is 9.96. The molecule has 0 aliphatic heterocycles. The molecule has 1 N–H and O–H groups in total. The quantitative estimate of drug-likeness (QED) is 0.469.